The van der Waals surface area contributed by atoms with E-state index in [2.05, 4.69) is 20.2 Å². The Bertz CT molecular complexity index is 1670. The van der Waals surface area contributed by atoms with E-state index in [0.29, 0.717) is 37.0 Å². The predicted molar refractivity (Wildman–Crippen MR) is 167 cm³/mol. The third-order valence-corrected chi connectivity index (χ3v) is 10.2. The molecule has 3 aliphatic heterocycles. The van der Waals surface area contributed by atoms with Crippen LogP contribution < -0.4 is 4.90 Å². The Kier molecular flexibility index (Phi) is 9.87. The number of pyridine rings is 1. The molecule has 0 amide bonds. The summed E-state index contributed by atoms with van der Waals surface area (Å²) in [5, 5.41) is 8.04. The number of thioether (sulfide) groups is 1. The number of halogens is 5. The highest BCUT2D eigenvalue weighted by Gasteiger charge is 2.52. The lowest BCUT2D eigenvalue weighted by molar-refractivity contribution is -0.208. The zero-order valence-electron chi connectivity index (χ0n) is 25.1. The number of carbonyl (C=O) groups excluding carboxylic acids is 2. The van der Waals surface area contributed by atoms with Crippen molar-refractivity contribution in [2.75, 3.05) is 44.9 Å². The molecule has 0 saturated carbocycles. The number of nitrogens with zero attached hydrogens (tertiary/aromatic N) is 5. The van der Waals surface area contributed by atoms with Gasteiger partial charge in [-0.1, -0.05) is 51.8 Å². The SMILES string of the molecule is COC1C(Sc2cc(Cl)c(Cl)nc2N2CC3(COC3)C2)OC(COC(C)=O)C(OC(C)=O)C1n1cc(-c2cc(F)c(Cl)c(F)c2)nn1. The van der Waals surface area contributed by atoms with Crippen molar-refractivity contribution < 1.29 is 42.1 Å². The average Bonchev–Trinajstić information content (AvgIpc) is 3.45. The summed E-state index contributed by atoms with van der Waals surface area (Å²) < 4.78 is 58.8. The standard InChI is InChI=1S/C29H28Cl3F2N5O7S/c1-13(40)44-8-20-24(45-14(2)41)23(39-7-19(36-37-39)15-4-17(33)22(31)18(34)5-15)25(42-3)28(46-20)47-21-6-16(30)26(32)35-27(21)38-9-29(10-38)11-43-12-29/h4-7,20,23-25,28H,8-12H2,1-3H3. The molecule has 0 radical (unpaired) electrons. The van der Waals surface area contributed by atoms with E-state index in [1.54, 1.807) is 6.07 Å². The molecule has 6 rings (SSSR count). The molecular weight excluding hydrogens is 707 g/mol. The average molecular weight is 735 g/mol. The summed E-state index contributed by atoms with van der Waals surface area (Å²) >= 11 is 19.7. The van der Waals surface area contributed by atoms with E-state index >= 15 is 0 Å². The predicted octanol–water partition coefficient (Wildman–Crippen LogP) is 4.98. The van der Waals surface area contributed by atoms with Gasteiger partial charge in [-0.2, -0.15) is 0 Å². The summed E-state index contributed by atoms with van der Waals surface area (Å²) in [4.78, 5) is 31.5. The van der Waals surface area contributed by atoms with Crippen LogP contribution in [0.25, 0.3) is 11.3 Å². The van der Waals surface area contributed by atoms with Crippen molar-refractivity contribution in [1.29, 1.82) is 0 Å². The van der Waals surface area contributed by atoms with Gasteiger partial charge in [0, 0.05) is 39.6 Å². The number of ether oxygens (including phenoxy) is 5. The van der Waals surface area contributed by atoms with Crippen molar-refractivity contribution in [2.45, 2.75) is 48.5 Å². The minimum Gasteiger partial charge on any atom is -0.463 e. The zero-order valence-corrected chi connectivity index (χ0v) is 28.2. The van der Waals surface area contributed by atoms with Gasteiger partial charge in [-0.25, -0.2) is 18.4 Å². The Hall–Kier alpha value is -2.79. The molecule has 5 atom stereocenters. The van der Waals surface area contributed by atoms with Gasteiger partial charge in [0.1, 0.15) is 63.6 Å². The molecule has 0 aliphatic carbocycles. The third-order valence-electron chi connectivity index (χ3n) is 8.03. The van der Waals surface area contributed by atoms with Crippen LogP contribution in [0.15, 0.2) is 29.3 Å². The lowest BCUT2D eigenvalue weighted by Gasteiger charge is -2.55. The number of hydrogen-bond acceptors (Lipinski definition) is 12. The second-order valence-electron chi connectivity index (χ2n) is 11.5. The summed E-state index contributed by atoms with van der Waals surface area (Å²) in [7, 11) is 1.44. The number of benzene rings is 1. The fourth-order valence-electron chi connectivity index (χ4n) is 5.84. The molecule has 252 valence electrons. The van der Waals surface area contributed by atoms with Gasteiger partial charge < -0.3 is 28.6 Å². The molecule has 0 N–H and O–H groups in total. The highest BCUT2D eigenvalue weighted by Crippen LogP contribution is 2.47. The van der Waals surface area contributed by atoms with Crippen molar-refractivity contribution in [3.63, 3.8) is 0 Å². The van der Waals surface area contributed by atoms with Crippen molar-refractivity contribution in [3.05, 3.63) is 51.2 Å². The smallest absolute Gasteiger partial charge is 0.303 e. The van der Waals surface area contributed by atoms with Gasteiger partial charge in [-0.15, -0.1) is 5.10 Å². The van der Waals surface area contributed by atoms with Gasteiger partial charge in [0.2, 0.25) is 0 Å². The molecule has 0 bridgehead atoms. The summed E-state index contributed by atoms with van der Waals surface area (Å²) in [6, 6.07) is 2.80. The van der Waals surface area contributed by atoms with Crippen LogP contribution in [0.4, 0.5) is 14.6 Å². The van der Waals surface area contributed by atoms with E-state index in [4.69, 9.17) is 58.5 Å². The van der Waals surface area contributed by atoms with E-state index < -0.39 is 58.4 Å². The van der Waals surface area contributed by atoms with E-state index in [0.717, 1.165) is 12.1 Å². The van der Waals surface area contributed by atoms with Gasteiger partial charge in [0.15, 0.2) is 6.10 Å². The molecule has 3 aliphatic rings. The topological polar surface area (TPSA) is 127 Å². The van der Waals surface area contributed by atoms with E-state index in [-0.39, 0.29) is 33.5 Å². The lowest BCUT2D eigenvalue weighted by Crippen LogP contribution is -2.66. The highest BCUT2D eigenvalue weighted by molar-refractivity contribution is 8.00. The monoisotopic (exact) mass is 733 g/mol. The minimum absolute atomic E-state index is 0.0683. The van der Waals surface area contributed by atoms with Crippen LogP contribution >= 0.6 is 46.6 Å². The maximum Gasteiger partial charge on any atom is 0.303 e. The minimum atomic E-state index is -1.11. The van der Waals surface area contributed by atoms with Crippen LogP contribution in [0.3, 0.4) is 0 Å². The van der Waals surface area contributed by atoms with E-state index in [1.165, 1.54) is 43.6 Å². The molecule has 3 aromatic rings. The van der Waals surface area contributed by atoms with Crippen molar-refractivity contribution in [2.24, 2.45) is 5.41 Å². The van der Waals surface area contributed by atoms with Crippen LogP contribution in [0.2, 0.25) is 15.2 Å². The quantitative estimate of drug-likeness (QED) is 0.167. The molecule has 47 heavy (non-hydrogen) atoms. The maximum atomic E-state index is 14.3. The van der Waals surface area contributed by atoms with Gasteiger partial charge in [0.25, 0.3) is 0 Å². The van der Waals surface area contributed by atoms with E-state index in [9.17, 15) is 18.4 Å². The first-order valence-electron chi connectivity index (χ1n) is 14.3. The second kappa shape index (κ2) is 13.6. The van der Waals surface area contributed by atoms with Crippen molar-refractivity contribution in [3.8, 4) is 11.3 Å². The normalized spacial score (nSPS) is 24.9. The summed E-state index contributed by atoms with van der Waals surface area (Å²) in [5.74, 6) is -2.59. The van der Waals surface area contributed by atoms with Crippen molar-refractivity contribution in [1.82, 2.24) is 20.0 Å². The summed E-state index contributed by atoms with van der Waals surface area (Å²) in [6.45, 7) is 4.92. The number of esters is 2. The molecule has 5 unspecified atom stereocenters. The number of rotatable bonds is 9. The first-order chi connectivity index (χ1) is 22.4. The Morgan fingerprint density at radius 2 is 1.79 bits per heavy atom. The Morgan fingerprint density at radius 3 is 2.38 bits per heavy atom. The van der Waals surface area contributed by atoms with Crippen molar-refractivity contribution >= 4 is 64.3 Å². The number of carbonyl (C=O) groups is 2. The summed E-state index contributed by atoms with van der Waals surface area (Å²) in [5.41, 5.74) is -0.607. The van der Waals surface area contributed by atoms with Crippen LogP contribution in [0.5, 0.6) is 0 Å². The fourth-order valence-corrected chi connectivity index (χ4v) is 7.62. The third kappa shape index (κ3) is 6.89. The number of anilines is 1. The Morgan fingerprint density at radius 1 is 1.09 bits per heavy atom. The highest BCUT2D eigenvalue weighted by atomic mass is 35.5. The molecule has 3 fully saturated rings. The van der Waals surface area contributed by atoms with Crippen LogP contribution in [0.1, 0.15) is 19.9 Å². The zero-order chi connectivity index (χ0) is 33.6. The van der Waals surface area contributed by atoms with E-state index in [1.807, 2.05) is 0 Å². The Labute approximate surface area is 286 Å². The van der Waals surface area contributed by atoms with Gasteiger partial charge in [-0.05, 0) is 18.2 Å². The molecule has 2 aromatic heterocycles. The lowest BCUT2D eigenvalue weighted by atomic mass is 9.78. The first-order valence-corrected chi connectivity index (χ1v) is 16.3. The fraction of sp³-hybridized carbons (Fsp3) is 0.483. The van der Waals surface area contributed by atoms with Gasteiger partial charge in [-0.3, -0.25) is 9.59 Å². The number of hydrogen-bond donors (Lipinski definition) is 0. The Balaban J connectivity index is 1.38. The second-order valence-corrected chi connectivity index (χ2v) is 13.8. The molecule has 1 spiro atoms. The molecule has 3 saturated heterocycles. The van der Waals surface area contributed by atoms with Crippen LogP contribution in [-0.2, 0) is 33.3 Å². The first kappa shape index (κ1) is 34.1. The molecular formula is C29H28Cl3F2N5O7S. The van der Waals surface area contributed by atoms with Crippen LogP contribution in [0, 0.1) is 17.0 Å². The largest absolute Gasteiger partial charge is 0.463 e. The maximum absolute atomic E-state index is 14.3. The molecule has 1 aromatic carbocycles. The number of aromatic nitrogens is 4. The number of methoxy groups -OCH3 is 1. The summed E-state index contributed by atoms with van der Waals surface area (Å²) in [6.07, 6.45) is -1.58. The molecule has 18 heteroatoms. The van der Waals surface area contributed by atoms with Gasteiger partial charge >= 0.3 is 11.9 Å². The molecule has 5 heterocycles. The van der Waals surface area contributed by atoms with Gasteiger partial charge in [0.05, 0.1) is 34.7 Å². The van der Waals surface area contributed by atoms with Crippen LogP contribution in [-0.4, -0.2) is 95.7 Å². The molecule has 12 nitrogen and oxygen atoms in total.